The van der Waals surface area contributed by atoms with E-state index in [1.807, 2.05) is 6.92 Å². The average Bonchev–Trinajstić information content (AvgIpc) is 2.48. The van der Waals surface area contributed by atoms with Gasteiger partial charge in [-0.2, -0.15) is 4.31 Å². The van der Waals surface area contributed by atoms with E-state index < -0.39 is 10.0 Å². The van der Waals surface area contributed by atoms with Crippen molar-refractivity contribution < 1.29 is 13.2 Å². The molecule has 0 unspecified atom stereocenters. The second kappa shape index (κ2) is 7.44. The zero-order valence-corrected chi connectivity index (χ0v) is 14.2. The number of nitrogens with zero attached hydrogens (tertiary/aromatic N) is 1. The van der Waals surface area contributed by atoms with Crippen LogP contribution in [-0.4, -0.2) is 37.8 Å². The van der Waals surface area contributed by atoms with Gasteiger partial charge >= 0.3 is 0 Å². The fourth-order valence-electron chi connectivity index (χ4n) is 2.54. The topological polar surface area (TPSA) is 66.5 Å². The molecule has 2 rings (SSSR count). The summed E-state index contributed by atoms with van der Waals surface area (Å²) in [6.07, 6.45) is 2.60. The average molecular weight is 345 g/mol. The van der Waals surface area contributed by atoms with Crippen molar-refractivity contribution in [3.05, 3.63) is 29.3 Å². The van der Waals surface area contributed by atoms with Crippen molar-refractivity contribution in [2.45, 2.75) is 43.5 Å². The number of carbonyl (C=O) groups excluding carboxylic acids is 1. The number of amides is 1. The number of hydrogen-bond acceptors (Lipinski definition) is 3. The van der Waals surface area contributed by atoms with Gasteiger partial charge in [0.2, 0.25) is 15.9 Å². The molecule has 1 N–H and O–H groups in total. The van der Waals surface area contributed by atoms with Gasteiger partial charge in [0.1, 0.15) is 0 Å². The van der Waals surface area contributed by atoms with Gasteiger partial charge in [0, 0.05) is 30.6 Å². The van der Waals surface area contributed by atoms with Crippen LogP contribution >= 0.6 is 11.6 Å². The minimum absolute atomic E-state index is 0.0404. The zero-order chi connectivity index (χ0) is 16.2. The summed E-state index contributed by atoms with van der Waals surface area (Å²) in [4.78, 5) is 11.8. The molecule has 122 valence electrons. The van der Waals surface area contributed by atoms with Crippen LogP contribution in [0.15, 0.2) is 29.2 Å². The maximum absolute atomic E-state index is 12.6. The molecule has 0 radical (unpaired) electrons. The summed E-state index contributed by atoms with van der Waals surface area (Å²) in [7, 11) is -3.51. The van der Waals surface area contributed by atoms with Crippen molar-refractivity contribution in [1.29, 1.82) is 0 Å². The van der Waals surface area contributed by atoms with Gasteiger partial charge in [-0.1, -0.05) is 24.6 Å². The van der Waals surface area contributed by atoms with Crippen molar-refractivity contribution in [3.8, 4) is 0 Å². The van der Waals surface area contributed by atoms with E-state index in [4.69, 9.17) is 11.6 Å². The first-order valence-electron chi connectivity index (χ1n) is 7.48. The lowest BCUT2D eigenvalue weighted by Crippen LogP contribution is -2.46. The molecule has 5 nitrogen and oxygen atoms in total. The monoisotopic (exact) mass is 344 g/mol. The normalized spacial score (nSPS) is 17.4. The Labute approximate surface area is 136 Å². The summed E-state index contributed by atoms with van der Waals surface area (Å²) in [5, 5.41) is 3.36. The molecule has 0 atom stereocenters. The van der Waals surface area contributed by atoms with Gasteiger partial charge < -0.3 is 5.32 Å². The Morgan fingerprint density at radius 1 is 1.36 bits per heavy atom. The maximum atomic E-state index is 12.6. The summed E-state index contributed by atoms with van der Waals surface area (Å²) < 4.78 is 26.6. The van der Waals surface area contributed by atoms with E-state index in [1.54, 1.807) is 18.2 Å². The molecular weight excluding hydrogens is 324 g/mol. The van der Waals surface area contributed by atoms with Gasteiger partial charge in [-0.25, -0.2) is 8.42 Å². The molecule has 1 aromatic carbocycles. The van der Waals surface area contributed by atoms with Crippen molar-refractivity contribution in [3.63, 3.8) is 0 Å². The predicted molar refractivity (Wildman–Crippen MR) is 86.3 cm³/mol. The van der Waals surface area contributed by atoms with Gasteiger partial charge in [-0.05, 0) is 37.5 Å². The molecule has 7 heteroatoms. The molecule has 0 aliphatic carbocycles. The molecule has 1 aromatic rings. The molecule has 0 aromatic heterocycles. The van der Waals surface area contributed by atoms with Crippen molar-refractivity contribution in [2.75, 3.05) is 13.1 Å². The van der Waals surface area contributed by atoms with E-state index in [1.165, 1.54) is 10.4 Å². The van der Waals surface area contributed by atoms with Crippen molar-refractivity contribution in [2.24, 2.45) is 0 Å². The molecule has 0 spiro atoms. The molecule has 1 aliphatic rings. The van der Waals surface area contributed by atoms with E-state index in [0.29, 0.717) is 37.4 Å². The summed E-state index contributed by atoms with van der Waals surface area (Å²) >= 11 is 5.87. The van der Waals surface area contributed by atoms with E-state index in [0.717, 1.165) is 6.42 Å². The third-order valence-corrected chi connectivity index (χ3v) is 5.86. The van der Waals surface area contributed by atoms with Crippen LogP contribution in [0, 0.1) is 0 Å². The maximum Gasteiger partial charge on any atom is 0.243 e. The number of piperidine rings is 1. The highest BCUT2D eigenvalue weighted by molar-refractivity contribution is 7.89. The van der Waals surface area contributed by atoms with Crippen molar-refractivity contribution >= 4 is 27.5 Å². The van der Waals surface area contributed by atoms with Crippen LogP contribution in [0.3, 0.4) is 0 Å². The number of halogens is 1. The molecule has 0 saturated carbocycles. The standard InChI is InChI=1S/C15H21ClN2O3S/c1-2-4-15(19)17-13-7-9-18(10-8-13)22(20,21)14-6-3-5-12(16)11-14/h3,5-6,11,13H,2,4,7-10H2,1H3,(H,17,19). The molecule has 1 saturated heterocycles. The van der Waals surface area contributed by atoms with Gasteiger partial charge in [0.25, 0.3) is 0 Å². The molecule has 0 bridgehead atoms. The summed E-state index contributed by atoms with van der Waals surface area (Å²) in [5.74, 6) is 0.0404. The second-order valence-electron chi connectivity index (χ2n) is 5.45. The van der Waals surface area contributed by atoms with Crippen LogP contribution < -0.4 is 5.32 Å². The van der Waals surface area contributed by atoms with E-state index in [9.17, 15) is 13.2 Å². The molecule has 1 fully saturated rings. The first-order valence-corrected chi connectivity index (χ1v) is 9.30. The Kier molecular flexibility index (Phi) is 5.83. The summed E-state index contributed by atoms with van der Waals surface area (Å²) in [6.45, 7) is 2.78. The second-order valence-corrected chi connectivity index (χ2v) is 7.83. The van der Waals surface area contributed by atoms with Crippen LogP contribution in [0.4, 0.5) is 0 Å². The Hall–Kier alpha value is -1.11. The zero-order valence-electron chi connectivity index (χ0n) is 12.6. The number of carbonyl (C=O) groups is 1. The third-order valence-electron chi connectivity index (χ3n) is 3.73. The lowest BCUT2D eigenvalue weighted by Gasteiger charge is -2.31. The number of nitrogens with one attached hydrogen (secondary N) is 1. The largest absolute Gasteiger partial charge is 0.353 e. The fourth-order valence-corrected chi connectivity index (χ4v) is 4.32. The Bertz CT molecular complexity index is 625. The Morgan fingerprint density at radius 2 is 2.05 bits per heavy atom. The Balaban J connectivity index is 1.97. The summed E-state index contributed by atoms with van der Waals surface area (Å²) in [6, 6.07) is 6.36. The Morgan fingerprint density at radius 3 is 2.64 bits per heavy atom. The number of rotatable bonds is 5. The lowest BCUT2D eigenvalue weighted by atomic mass is 10.1. The van der Waals surface area contributed by atoms with Crippen LogP contribution in [0.1, 0.15) is 32.6 Å². The molecule has 1 aliphatic heterocycles. The van der Waals surface area contributed by atoms with Crippen LogP contribution in [-0.2, 0) is 14.8 Å². The first-order chi connectivity index (χ1) is 10.4. The first kappa shape index (κ1) is 17.2. The number of hydrogen-bond donors (Lipinski definition) is 1. The lowest BCUT2D eigenvalue weighted by molar-refractivity contribution is -0.122. The van der Waals surface area contributed by atoms with Gasteiger partial charge in [0.15, 0.2) is 0 Å². The van der Waals surface area contributed by atoms with E-state index >= 15 is 0 Å². The minimum atomic E-state index is -3.51. The van der Waals surface area contributed by atoms with Crippen LogP contribution in [0.25, 0.3) is 0 Å². The van der Waals surface area contributed by atoms with Gasteiger partial charge in [-0.3, -0.25) is 4.79 Å². The SMILES string of the molecule is CCCC(=O)NC1CCN(S(=O)(=O)c2cccc(Cl)c2)CC1. The highest BCUT2D eigenvalue weighted by Crippen LogP contribution is 2.23. The van der Waals surface area contributed by atoms with Gasteiger partial charge in [-0.15, -0.1) is 0 Å². The highest BCUT2D eigenvalue weighted by atomic mass is 35.5. The third kappa shape index (κ3) is 4.21. The van der Waals surface area contributed by atoms with E-state index in [2.05, 4.69) is 5.32 Å². The smallest absolute Gasteiger partial charge is 0.243 e. The molecule has 22 heavy (non-hydrogen) atoms. The molecule has 1 heterocycles. The minimum Gasteiger partial charge on any atom is -0.353 e. The highest BCUT2D eigenvalue weighted by Gasteiger charge is 2.29. The van der Waals surface area contributed by atoms with Crippen molar-refractivity contribution in [1.82, 2.24) is 9.62 Å². The summed E-state index contributed by atoms with van der Waals surface area (Å²) in [5.41, 5.74) is 0. The van der Waals surface area contributed by atoms with Crippen LogP contribution in [0.5, 0.6) is 0 Å². The van der Waals surface area contributed by atoms with Gasteiger partial charge in [0.05, 0.1) is 4.90 Å². The number of sulfonamides is 1. The molecule has 1 amide bonds. The number of benzene rings is 1. The van der Waals surface area contributed by atoms with E-state index in [-0.39, 0.29) is 16.8 Å². The van der Waals surface area contributed by atoms with Crippen LogP contribution in [0.2, 0.25) is 5.02 Å². The quantitative estimate of drug-likeness (QED) is 0.892. The molecular formula is C15H21ClN2O3S. The fraction of sp³-hybridized carbons (Fsp3) is 0.533. The predicted octanol–water partition coefficient (Wildman–Crippen LogP) is 2.41.